The molecule has 0 spiro atoms. The zero-order valence-corrected chi connectivity index (χ0v) is 14.0. The third-order valence-electron chi connectivity index (χ3n) is 2.90. The van der Waals surface area contributed by atoms with Gasteiger partial charge in [-0.2, -0.15) is 10.2 Å². The van der Waals surface area contributed by atoms with Crippen molar-refractivity contribution < 1.29 is 19.4 Å². The molecule has 0 bridgehead atoms. The first kappa shape index (κ1) is 17.3. The van der Waals surface area contributed by atoms with E-state index in [4.69, 9.17) is 26.0 Å². The average Bonchev–Trinajstić information content (AvgIpc) is 2.51. The predicted molar refractivity (Wildman–Crippen MR) is 88.4 cm³/mol. The van der Waals surface area contributed by atoms with Crippen LogP contribution in [0.3, 0.4) is 0 Å². The number of anilines is 2. The zero-order valence-electron chi connectivity index (χ0n) is 12.4. The van der Waals surface area contributed by atoms with E-state index in [9.17, 15) is 10.1 Å². The number of rotatable bonds is 5. The van der Waals surface area contributed by atoms with Crippen LogP contribution in [0.15, 0.2) is 16.6 Å². The molecule has 0 aliphatic heterocycles. The van der Waals surface area contributed by atoms with Crippen LogP contribution in [0.25, 0.3) is 11.3 Å². The van der Waals surface area contributed by atoms with Crippen molar-refractivity contribution in [1.29, 1.82) is 5.26 Å². The van der Waals surface area contributed by atoms with Gasteiger partial charge in [0.1, 0.15) is 17.5 Å². The summed E-state index contributed by atoms with van der Waals surface area (Å²) < 4.78 is 11.1. The van der Waals surface area contributed by atoms with Gasteiger partial charge in [-0.25, -0.2) is 9.78 Å². The third-order valence-corrected chi connectivity index (χ3v) is 3.36. The molecule has 10 heteroatoms. The average molecular weight is 394 g/mol. The van der Waals surface area contributed by atoms with Crippen molar-refractivity contribution in [3.05, 3.63) is 22.2 Å². The molecule has 5 N–H and O–H groups in total. The van der Waals surface area contributed by atoms with Gasteiger partial charge in [-0.1, -0.05) is 15.9 Å². The Bertz CT molecular complexity index is 850. The number of aliphatic carboxylic acids is 1. The number of nitrogens with zero attached hydrogens (tertiary/aromatic N) is 3. The van der Waals surface area contributed by atoms with Gasteiger partial charge in [-0.15, -0.1) is 0 Å². The van der Waals surface area contributed by atoms with Gasteiger partial charge in [0.15, 0.2) is 18.1 Å². The standard InChI is InChI=1S/C14H12BrN5O4/c1-23-9-3-6(15)2-7(12(9)24-5-10(21)22)11-8(4-16)13(17)20-14(18)19-11/h2-3H,5H2,1H3,(H,21,22)(H4,17,18,19,20). The van der Waals surface area contributed by atoms with E-state index in [0.29, 0.717) is 10.0 Å². The van der Waals surface area contributed by atoms with Crippen LogP contribution in [0.4, 0.5) is 11.8 Å². The molecule has 2 aromatic rings. The summed E-state index contributed by atoms with van der Waals surface area (Å²) in [6, 6.07) is 5.07. The Morgan fingerprint density at radius 1 is 1.42 bits per heavy atom. The molecule has 24 heavy (non-hydrogen) atoms. The normalized spacial score (nSPS) is 10.0. The van der Waals surface area contributed by atoms with Gasteiger partial charge in [0, 0.05) is 10.0 Å². The molecular formula is C14H12BrN5O4. The fraction of sp³-hybridized carbons (Fsp3) is 0.143. The number of hydrogen-bond donors (Lipinski definition) is 3. The maximum absolute atomic E-state index is 10.8. The van der Waals surface area contributed by atoms with E-state index < -0.39 is 12.6 Å². The number of aromatic nitrogens is 2. The number of halogens is 1. The maximum Gasteiger partial charge on any atom is 0.341 e. The third kappa shape index (κ3) is 3.47. The molecule has 0 fully saturated rings. The first-order chi connectivity index (χ1) is 11.4. The molecule has 1 heterocycles. The fourth-order valence-corrected chi connectivity index (χ4v) is 2.42. The number of carboxylic acid groups (broad SMARTS) is 1. The van der Waals surface area contributed by atoms with Gasteiger partial charge in [-0.05, 0) is 12.1 Å². The van der Waals surface area contributed by atoms with E-state index in [0.717, 1.165) is 0 Å². The Labute approximate surface area is 145 Å². The molecule has 2 rings (SSSR count). The SMILES string of the molecule is COc1cc(Br)cc(-c2nc(N)nc(N)c2C#N)c1OCC(=O)O. The van der Waals surface area contributed by atoms with Gasteiger partial charge in [0.05, 0.1) is 12.8 Å². The van der Waals surface area contributed by atoms with Crippen LogP contribution in [0.2, 0.25) is 0 Å². The molecule has 1 aromatic carbocycles. The lowest BCUT2D eigenvalue weighted by atomic mass is 10.1. The van der Waals surface area contributed by atoms with Crippen LogP contribution in [0, 0.1) is 11.3 Å². The van der Waals surface area contributed by atoms with Crippen molar-refractivity contribution in [2.75, 3.05) is 25.2 Å². The monoisotopic (exact) mass is 393 g/mol. The van der Waals surface area contributed by atoms with E-state index in [-0.39, 0.29) is 34.5 Å². The van der Waals surface area contributed by atoms with Gasteiger partial charge in [-0.3, -0.25) is 0 Å². The number of nitrogens with two attached hydrogens (primary N) is 2. The smallest absolute Gasteiger partial charge is 0.341 e. The van der Waals surface area contributed by atoms with Crippen molar-refractivity contribution in [2.45, 2.75) is 0 Å². The Balaban J connectivity index is 2.76. The number of hydrogen-bond acceptors (Lipinski definition) is 8. The molecule has 0 radical (unpaired) electrons. The number of methoxy groups -OCH3 is 1. The highest BCUT2D eigenvalue weighted by Crippen LogP contribution is 2.42. The van der Waals surface area contributed by atoms with Gasteiger partial charge in [0.25, 0.3) is 0 Å². The summed E-state index contributed by atoms with van der Waals surface area (Å²) in [6.07, 6.45) is 0. The predicted octanol–water partition coefficient (Wildman–Crippen LogP) is 1.41. The van der Waals surface area contributed by atoms with Crippen molar-refractivity contribution in [1.82, 2.24) is 9.97 Å². The number of benzene rings is 1. The van der Waals surface area contributed by atoms with E-state index in [1.54, 1.807) is 12.1 Å². The van der Waals surface area contributed by atoms with Crippen LogP contribution >= 0.6 is 15.9 Å². The minimum atomic E-state index is -1.17. The number of nitriles is 1. The van der Waals surface area contributed by atoms with Gasteiger partial charge in [0.2, 0.25) is 5.95 Å². The summed E-state index contributed by atoms with van der Waals surface area (Å²) in [5.74, 6) is -1.06. The largest absolute Gasteiger partial charge is 0.493 e. The summed E-state index contributed by atoms with van der Waals surface area (Å²) in [4.78, 5) is 18.6. The summed E-state index contributed by atoms with van der Waals surface area (Å²) >= 11 is 3.31. The molecule has 0 aliphatic rings. The second-order valence-electron chi connectivity index (χ2n) is 4.47. The van der Waals surface area contributed by atoms with Crippen LogP contribution in [0.5, 0.6) is 11.5 Å². The van der Waals surface area contributed by atoms with E-state index in [2.05, 4.69) is 25.9 Å². The van der Waals surface area contributed by atoms with Gasteiger partial charge >= 0.3 is 5.97 Å². The second kappa shape index (κ2) is 7.01. The Hall–Kier alpha value is -3.06. The van der Waals surface area contributed by atoms with Crippen molar-refractivity contribution >= 4 is 33.7 Å². The van der Waals surface area contributed by atoms with E-state index in [1.807, 2.05) is 6.07 Å². The second-order valence-corrected chi connectivity index (χ2v) is 5.39. The van der Waals surface area contributed by atoms with Crippen LogP contribution in [0.1, 0.15) is 5.56 Å². The Morgan fingerprint density at radius 2 is 2.12 bits per heavy atom. The van der Waals surface area contributed by atoms with Crippen LogP contribution < -0.4 is 20.9 Å². The van der Waals surface area contributed by atoms with Crippen LogP contribution in [-0.2, 0) is 4.79 Å². The van der Waals surface area contributed by atoms with Crippen molar-refractivity contribution in [2.24, 2.45) is 0 Å². The molecular weight excluding hydrogens is 382 g/mol. The number of carboxylic acids is 1. The highest BCUT2D eigenvalue weighted by Gasteiger charge is 2.21. The molecule has 0 aliphatic carbocycles. The first-order valence-corrected chi connectivity index (χ1v) is 7.22. The Kier molecular flexibility index (Phi) is 5.05. The molecule has 9 nitrogen and oxygen atoms in total. The lowest BCUT2D eigenvalue weighted by molar-refractivity contribution is -0.139. The highest BCUT2D eigenvalue weighted by molar-refractivity contribution is 9.10. The maximum atomic E-state index is 10.8. The van der Waals surface area contributed by atoms with E-state index in [1.165, 1.54) is 7.11 Å². The van der Waals surface area contributed by atoms with Crippen LogP contribution in [-0.4, -0.2) is 34.8 Å². The molecule has 0 saturated carbocycles. The zero-order chi connectivity index (χ0) is 17.9. The first-order valence-electron chi connectivity index (χ1n) is 6.43. The van der Waals surface area contributed by atoms with Crippen molar-refractivity contribution in [3.8, 4) is 28.8 Å². The molecule has 0 saturated heterocycles. The Morgan fingerprint density at radius 3 is 2.71 bits per heavy atom. The lowest BCUT2D eigenvalue weighted by Crippen LogP contribution is -2.12. The summed E-state index contributed by atoms with van der Waals surface area (Å²) in [5.41, 5.74) is 11.7. The molecule has 124 valence electrons. The minimum Gasteiger partial charge on any atom is -0.493 e. The fourth-order valence-electron chi connectivity index (χ4n) is 1.98. The summed E-state index contributed by atoms with van der Waals surface area (Å²) in [5, 5.41) is 18.2. The number of nitrogen functional groups attached to an aromatic ring is 2. The van der Waals surface area contributed by atoms with Gasteiger partial charge < -0.3 is 26.0 Å². The molecule has 0 unspecified atom stereocenters. The topological polar surface area (TPSA) is 157 Å². The molecule has 0 amide bonds. The minimum absolute atomic E-state index is 0.00970. The quantitative estimate of drug-likeness (QED) is 0.682. The van der Waals surface area contributed by atoms with Crippen molar-refractivity contribution in [3.63, 3.8) is 0 Å². The lowest BCUT2D eigenvalue weighted by Gasteiger charge is -2.16. The highest BCUT2D eigenvalue weighted by atomic mass is 79.9. The summed E-state index contributed by atoms with van der Waals surface area (Å²) in [6.45, 7) is -0.608. The van der Waals surface area contributed by atoms with E-state index >= 15 is 0 Å². The molecule has 0 atom stereocenters. The number of carbonyl (C=O) groups is 1. The molecule has 1 aromatic heterocycles. The number of ether oxygens (including phenoxy) is 2. The summed E-state index contributed by atoms with van der Waals surface area (Å²) in [7, 11) is 1.40.